The van der Waals surface area contributed by atoms with Crippen molar-refractivity contribution in [1.82, 2.24) is 0 Å². The second-order valence-electron chi connectivity index (χ2n) is 5.84. The molecule has 102 valence electrons. The van der Waals surface area contributed by atoms with Gasteiger partial charge in [-0.25, -0.2) is 0 Å². The summed E-state index contributed by atoms with van der Waals surface area (Å²) in [5, 5.41) is 0. The van der Waals surface area contributed by atoms with Crippen LogP contribution in [0.4, 0.5) is 5.69 Å². The number of nitrogens with two attached hydrogens (primary N) is 1. The van der Waals surface area contributed by atoms with Crippen molar-refractivity contribution >= 4 is 5.69 Å². The zero-order chi connectivity index (χ0) is 14.1. The van der Waals surface area contributed by atoms with Crippen molar-refractivity contribution in [2.24, 2.45) is 5.73 Å². The van der Waals surface area contributed by atoms with Crippen molar-refractivity contribution in [1.29, 1.82) is 0 Å². The lowest BCUT2D eigenvalue weighted by atomic mass is 9.99. The number of rotatable bonds is 4. The van der Waals surface area contributed by atoms with E-state index in [0.717, 1.165) is 12.3 Å². The van der Waals surface area contributed by atoms with E-state index in [1.54, 1.807) is 7.11 Å². The summed E-state index contributed by atoms with van der Waals surface area (Å²) in [4.78, 5) is 2.23. The van der Waals surface area contributed by atoms with Crippen LogP contribution in [0.2, 0.25) is 0 Å². The first kappa shape index (κ1) is 14.8. The Balaban J connectivity index is 3.21. The van der Waals surface area contributed by atoms with Crippen LogP contribution < -0.4 is 15.4 Å². The summed E-state index contributed by atoms with van der Waals surface area (Å²) in [6, 6.07) is 2.09. The zero-order valence-electron chi connectivity index (χ0n) is 12.7. The van der Waals surface area contributed by atoms with Crippen LogP contribution in [0.1, 0.15) is 30.5 Å². The first-order valence-electron chi connectivity index (χ1n) is 6.32. The van der Waals surface area contributed by atoms with Crippen LogP contribution >= 0.6 is 0 Å². The number of aryl methyl sites for hydroxylation is 1. The van der Waals surface area contributed by atoms with E-state index < -0.39 is 0 Å². The van der Waals surface area contributed by atoms with Crippen molar-refractivity contribution in [3.63, 3.8) is 0 Å². The van der Waals surface area contributed by atoms with E-state index in [9.17, 15) is 0 Å². The Morgan fingerprint density at radius 1 is 1.22 bits per heavy atom. The maximum Gasteiger partial charge on any atom is 0.122 e. The molecule has 1 aromatic carbocycles. The van der Waals surface area contributed by atoms with E-state index >= 15 is 0 Å². The number of hydrogen-bond acceptors (Lipinski definition) is 3. The maximum atomic E-state index is 6.10. The van der Waals surface area contributed by atoms with Crippen molar-refractivity contribution in [2.45, 2.75) is 40.2 Å². The molecule has 2 N–H and O–H groups in total. The third kappa shape index (κ3) is 3.16. The molecule has 0 aromatic heterocycles. The minimum atomic E-state index is -0.207. The minimum Gasteiger partial charge on any atom is -0.496 e. The van der Waals surface area contributed by atoms with E-state index in [0.29, 0.717) is 0 Å². The molecule has 3 heteroatoms. The van der Waals surface area contributed by atoms with Crippen molar-refractivity contribution in [3.8, 4) is 5.75 Å². The minimum absolute atomic E-state index is 0.207. The molecule has 3 nitrogen and oxygen atoms in total. The summed E-state index contributed by atoms with van der Waals surface area (Å²) < 4.78 is 5.40. The molecule has 0 aliphatic heterocycles. The molecule has 0 amide bonds. The summed E-state index contributed by atoms with van der Waals surface area (Å²) in [5.41, 5.74) is 10.8. The highest BCUT2D eigenvalue weighted by molar-refractivity contribution is 5.64. The molecule has 0 aliphatic carbocycles. The Kier molecular flexibility index (Phi) is 4.28. The average Bonchev–Trinajstić information content (AvgIpc) is 2.20. The van der Waals surface area contributed by atoms with Gasteiger partial charge >= 0.3 is 0 Å². The molecule has 0 atom stereocenters. The van der Waals surface area contributed by atoms with Gasteiger partial charge in [-0.3, -0.25) is 0 Å². The first-order valence-corrected chi connectivity index (χ1v) is 6.32. The fraction of sp³-hybridized carbons (Fsp3) is 0.600. The molecule has 0 saturated carbocycles. The summed E-state index contributed by atoms with van der Waals surface area (Å²) in [5.74, 6) is 0.953. The molecular weight excluding hydrogens is 224 g/mol. The van der Waals surface area contributed by atoms with Crippen LogP contribution in [0.25, 0.3) is 0 Å². The van der Waals surface area contributed by atoms with Gasteiger partial charge in [0.2, 0.25) is 0 Å². The second-order valence-corrected chi connectivity index (χ2v) is 5.84. The largest absolute Gasteiger partial charge is 0.496 e. The zero-order valence-corrected chi connectivity index (χ0v) is 12.7. The Bertz CT molecular complexity index is 433. The van der Waals surface area contributed by atoms with Gasteiger partial charge in [0.1, 0.15) is 5.75 Å². The van der Waals surface area contributed by atoms with Gasteiger partial charge in [0.05, 0.1) is 7.11 Å². The van der Waals surface area contributed by atoms with Crippen LogP contribution in [0, 0.1) is 20.8 Å². The summed E-state index contributed by atoms with van der Waals surface area (Å²) >= 11 is 0. The van der Waals surface area contributed by atoms with Gasteiger partial charge in [0, 0.05) is 24.8 Å². The van der Waals surface area contributed by atoms with Gasteiger partial charge in [0.15, 0.2) is 0 Å². The third-order valence-electron chi connectivity index (χ3n) is 3.25. The summed E-state index contributed by atoms with van der Waals surface area (Å²) in [6.45, 7) is 11.3. The van der Waals surface area contributed by atoms with Crippen LogP contribution in [0.15, 0.2) is 6.07 Å². The molecule has 0 fully saturated rings. The van der Waals surface area contributed by atoms with Crippen LogP contribution in [-0.4, -0.2) is 26.2 Å². The number of benzene rings is 1. The summed E-state index contributed by atoms with van der Waals surface area (Å²) in [7, 11) is 3.81. The molecule has 18 heavy (non-hydrogen) atoms. The van der Waals surface area contributed by atoms with Crippen molar-refractivity contribution < 1.29 is 4.74 Å². The molecular formula is C15H26N2O. The van der Waals surface area contributed by atoms with E-state index in [2.05, 4.69) is 38.8 Å². The van der Waals surface area contributed by atoms with E-state index in [1.807, 2.05) is 13.8 Å². The Labute approximate surface area is 111 Å². The number of nitrogens with zero attached hydrogens (tertiary/aromatic N) is 1. The fourth-order valence-corrected chi connectivity index (χ4v) is 2.52. The van der Waals surface area contributed by atoms with Crippen molar-refractivity contribution in [3.05, 3.63) is 22.8 Å². The van der Waals surface area contributed by atoms with E-state index in [1.165, 1.54) is 22.4 Å². The van der Waals surface area contributed by atoms with Gasteiger partial charge in [-0.15, -0.1) is 0 Å². The van der Waals surface area contributed by atoms with Crippen LogP contribution in [0.3, 0.4) is 0 Å². The highest BCUT2D eigenvalue weighted by Crippen LogP contribution is 2.33. The summed E-state index contributed by atoms with van der Waals surface area (Å²) in [6.07, 6.45) is 0. The lowest BCUT2D eigenvalue weighted by molar-refractivity contribution is 0.411. The Hall–Kier alpha value is -1.22. The topological polar surface area (TPSA) is 38.5 Å². The lowest BCUT2D eigenvalue weighted by Crippen LogP contribution is -2.44. The van der Waals surface area contributed by atoms with Crippen molar-refractivity contribution in [2.75, 3.05) is 25.6 Å². The fourth-order valence-electron chi connectivity index (χ4n) is 2.52. The monoisotopic (exact) mass is 250 g/mol. The molecule has 1 rings (SSSR count). The number of methoxy groups -OCH3 is 1. The third-order valence-corrected chi connectivity index (χ3v) is 3.25. The molecule has 0 saturated heterocycles. The Morgan fingerprint density at radius 3 is 2.22 bits per heavy atom. The predicted octanol–water partition coefficient (Wildman–Crippen LogP) is 2.79. The van der Waals surface area contributed by atoms with Gasteiger partial charge in [-0.1, -0.05) is 0 Å². The van der Waals surface area contributed by atoms with Crippen LogP contribution in [-0.2, 0) is 0 Å². The number of likely N-dealkylation sites (N-methyl/N-ethyl adjacent to an activating group) is 1. The highest BCUT2D eigenvalue weighted by atomic mass is 16.5. The van der Waals surface area contributed by atoms with Gasteiger partial charge < -0.3 is 15.4 Å². The van der Waals surface area contributed by atoms with Gasteiger partial charge in [0.25, 0.3) is 0 Å². The molecule has 0 bridgehead atoms. The SMILES string of the molecule is COc1cc(C)c(N(C)CC(C)(C)N)c(C)c1C. The molecule has 0 unspecified atom stereocenters. The standard InChI is InChI=1S/C15H26N2O/c1-10-8-13(18-7)11(2)12(3)14(10)17(6)9-15(4,5)16/h8H,9,16H2,1-7H3. The van der Waals surface area contributed by atoms with E-state index in [4.69, 9.17) is 10.5 Å². The maximum absolute atomic E-state index is 6.10. The van der Waals surface area contributed by atoms with E-state index in [-0.39, 0.29) is 5.54 Å². The molecule has 0 spiro atoms. The average molecular weight is 250 g/mol. The molecule has 1 aromatic rings. The highest BCUT2D eigenvalue weighted by Gasteiger charge is 2.19. The number of anilines is 1. The smallest absolute Gasteiger partial charge is 0.122 e. The molecule has 0 radical (unpaired) electrons. The Morgan fingerprint density at radius 2 is 1.78 bits per heavy atom. The normalized spacial score (nSPS) is 11.6. The van der Waals surface area contributed by atoms with Gasteiger partial charge in [-0.2, -0.15) is 0 Å². The van der Waals surface area contributed by atoms with Crippen LogP contribution in [0.5, 0.6) is 5.75 Å². The number of hydrogen-bond donors (Lipinski definition) is 1. The second kappa shape index (κ2) is 5.19. The molecule has 0 heterocycles. The first-order chi connectivity index (χ1) is 8.17. The quantitative estimate of drug-likeness (QED) is 0.893. The number of ether oxygens (including phenoxy) is 1. The van der Waals surface area contributed by atoms with Gasteiger partial charge in [-0.05, 0) is 57.4 Å². The predicted molar refractivity (Wildman–Crippen MR) is 78.7 cm³/mol. The lowest BCUT2D eigenvalue weighted by Gasteiger charge is -2.31. The molecule has 0 aliphatic rings.